The minimum absolute atomic E-state index is 0.167. The van der Waals surface area contributed by atoms with E-state index in [1.165, 1.54) is 11.1 Å². The summed E-state index contributed by atoms with van der Waals surface area (Å²) in [5, 5.41) is 0. The molecular weight excluding hydrogens is 460 g/mol. The normalized spacial score (nSPS) is 10.8. The molecule has 0 unspecified atom stereocenters. The van der Waals surface area contributed by atoms with E-state index < -0.39 is 0 Å². The Kier molecular flexibility index (Phi) is 9.95. The number of benzene rings is 4. The van der Waals surface area contributed by atoms with Gasteiger partial charge in [0, 0.05) is 16.8 Å². The van der Waals surface area contributed by atoms with E-state index in [0.717, 1.165) is 48.9 Å². The fourth-order valence-electron chi connectivity index (χ4n) is 3.68. The van der Waals surface area contributed by atoms with Crippen molar-refractivity contribution in [2.75, 3.05) is 24.6 Å². The average molecular weight is 499 g/mol. The van der Waals surface area contributed by atoms with Crippen LogP contribution in [-0.4, -0.2) is 13.1 Å². The van der Waals surface area contributed by atoms with Gasteiger partial charge in [0.1, 0.15) is 23.0 Å². The average Bonchev–Trinajstić information content (AvgIpc) is 2.91. The van der Waals surface area contributed by atoms with Crippen LogP contribution >= 0.6 is 0 Å². The molecule has 0 bridgehead atoms. The van der Waals surface area contributed by atoms with Crippen molar-refractivity contribution in [2.24, 2.45) is 11.5 Å². The molecule has 0 saturated carbocycles. The molecule has 0 fully saturated rings. The zero-order valence-corrected chi connectivity index (χ0v) is 21.7. The molecule has 194 valence electrons. The smallest absolute Gasteiger partial charge is 0.127 e. The van der Waals surface area contributed by atoms with Gasteiger partial charge in [-0.15, -0.1) is 0 Å². The Balaban J connectivity index is 0.000000568. The van der Waals surface area contributed by atoms with Crippen molar-refractivity contribution in [3.63, 3.8) is 0 Å². The quantitative estimate of drug-likeness (QED) is 0.155. The van der Waals surface area contributed by atoms with Crippen LogP contribution in [0.3, 0.4) is 0 Å². The second-order valence-electron chi connectivity index (χ2n) is 9.30. The van der Waals surface area contributed by atoms with Crippen LogP contribution in [0, 0.1) is 0 Å². The summed E-state index contributed by atoms with van der Waals surface area (Å²) in [6, 6.07) is 31.1. The lowest BCUT2D eigenvalue weighted by Gasteiger charge is -2.26. The first-order valence-corrected chi connectivity index (χ1v) is 12.5. The lowest BCUT2D eigenvalue weighted by atomic mass is 9.78. The molecule has 0 atom stereocenters. The molecule has 0 heterocycles. The minimum Gasteiger partial charge on any atom is -0.457 e. The highest BCUT2D eigenvalue weighted by Gasteiger charge is 2.23. The Bertz CT molecular complexity index is 1110. The van der Waals surface area contributed by atoms with Crippen LogP contribution in [0.15, 0.2) is 97.1 Å². The third-order valence-corrected chi connectivity index (χ3v) is 6.04. The number of nitrogens with two attached hydrogens (primary N) is 4. The molecule has 6 nitrogen and oxygen atoms in total. The third-order valence-electron chi connectivity index (χ3n) is 6.04. The van der Waals surface area contributed by atoms with Gasteiger partial charge in [-0.1, -0.05) is 38.1 Å². The minimum atomic E-state index is -0.167. The van der Waals surface area contributed by atoms with E-state index in [1.807, 2.05) is 72.8 Å². The van der Waals surface area contributed by atoms with Crippen LogP contribution in [0.25, 0.3) is 0 Å². The van der Waals surface area contributed by atoms with Crippen LogP contribution in [0.5, 0.6) is 23.0 Å². The van der Waals surface area contributed by atoms with E-state index in [9.17, 15) is 0 Å². The SMILES string of the molecule is CC(C)(c1ccc(Oc2ccc(N)cc2)cc1)c1ccc(Oc2ccc(N)cc2)cc1.NCCCCN. The molecule has 0 saturated heterocycles. The molecule has 4 aromatic rings. The van der Waals surface area contributed by atoms with Gasteiger partial charge in [-0.2, -0.15) is 0 Å². The molecule has 0 aliphatic rings. The zero-order valence-electron chi connectivity index (χ0n) is 21.7. The fraction of sp³-hybridized carbons (Fsp3) is 0.226. The molecule has 0 aromatic heterocycles. The van der Waals surface area contributed by atoms with Crippen molar-refractivity contribution in [3.05, 3.63) is 108 Å². The molecule has 4 rings (SSSR count). The van der Waals surface area contributed by atoms with Crippen LogP contribution in [-0.2, 0) is 5.41 Å². The predicted octanol–water partition coefficient (Wildman–Crippen LogP) is 6.45. The highest BCUT2D eigenvalue weighted by molar-refractivity contribution is 5.46. The van der Waals surface area contributed by atoms with Gasteiger partial charge in [0.05, 0.1) is 0 Å². The first kappa shape index (κ1) is 27.6. The first-order valence-electron chi connectivity index (χ1n) is 12.5. The molecule has 0 aliphatic carbocycles. The van der Waals surface area contributed by atoms with Gasteiger partial charge in [0.15, 0.2) is 0 Å². The van der Waals surface area contributed by atoms with Gasteiger partial charge in [-0.3, -0.25) is 0 Å². The molecule has 8 N–H and O–H groups in total. The fourth-order valence-corrected chi connectivity index (χ4v) is 3.68. The van der Waals surface area contributed by atoms with Gasteiger partial charge in [-0.05, 0) is 110 Å². The Morgan fingerprint density at radius 2 is 0.757 bits per heavy atom. The number of hydrogen-bond donors (Lipinski definition) is 4. The van der Waals surface area contributed by atoms with Crippen molar-refractivity contribution < 1.29 is 9.47 Å². The van der Waals surface area contributed by atoms with E-state index in [4.69, 9.17) is 32.4 Å². The highest BCUT2D eigenvalue weighted by atomic mass is 16.5. The van der Waals surface area contributed by atoms with Crippen LogP contribution in [0.4, 0.5) is 11.4 Å². The number of nitrogen functional groups attached to an aromatic ring is 2. The van der Waals surface area contributed by atoms with Crippen LogP contribution < -0.4 is 32.4 Å². The summed E-state index contributed by atoms with van der Waals surface area (Å²) in [6.45, 7) is 5.96. The van der Waals surface area contributed by atoms with Crippen LogP contribution in [0.1, 0.15) is 37.8 Å². The summed E-state index contributed by atoms with van der Waals surface area (Å²) >= 11 is 0. The Morgan fingerprint density at radius 3 is 1.03 bits per heavy atom. The summed E-state index contributed by atoms with van der Waals surface area (Å²) in [6.07, 6.45) is 2.13. The summed E-state index contributed by atoms with van der Waals surface area (Å²) in [4.78, 5) is 0. The standard InChI is InChI=1S/C27H26N2O2.C4H12N2/c1-27(2,19-3-11-23(12-4-19)30-25-15-7-21(28)8-16-25)20-5-13-24(14-6-20)31-26-17-9-22(29)10-18-26;5-3-1-2-4-6/h3-18H,28-29H2,1-2H3;1-6H2. The van der Waals surface area contributed by atoms with Crippen molar-refractivity contribution in [3.8, 4) is 23.0 Å². The summed E-state index contributed by atoms with van der Waals surface area (Å²) in [5.41, 5.74) is 25.4. The molecule has 4 aromatic carbocycles. The predicted molar refractivity (Wildman–Crippen MR) is 154 cm³/mol. The number of anilines is 2. The van der Waals surface area contributed by atoms with Crippen LogP contribution in [0.2, 0.25) is 0 Å². The van der Waals surface area contributed by atoms with E-state index >= 15 is 0 Å². The van der Waals surface area contributed by atoms with E-state index in [-0.39, 0.29) is 5.41 Å². The van der Waals surface area contributed by atoms with Gasteiger partial charge in [0.25, 0.3) is 0 Å². The Morgan fingerprint density at radius 1 is 0.486 bits per heavy atom. The zero-order chi connectivity index (χ0) is 26.7. The van der Waals surface area contributed by atoms with Gasteiger partial charge < -0.3 is 32.4 Å². The van der Waals surface area contributed by atoms with Gasteiger partial charge in [-0.25, -0.2) is 0 Å². The van der Waals surface area contributed by atoms with Crippen molar-refractivity contribution in [2.45, 2.75) is 32.1 Å². The molecule has 0 spiro atoms. The van der Waals surface area contributed by atoms with Gasteiger partial charge >= 0.3 is 0 Å². The molecule has 6 heteroatoms. The number of rotatable bonds is 9. The molecular formula is C31H38N4O2. The topological polar surface area (TPSA) is 123 Å². The largest absolute Gasteiger partial charge is 0.457 e. The van der Waals surface area contributed by atoms with E-state index in [0.29, 0.717) is 11.4 Å². The lowest BCUT2D eigenvalue weighted by Crippen LogP contribution is -2.18. The second kappa shape index (κ2) is 13.3. The van der Waals surface area contributed by atoms with E-state index in [2.05, 4.69) is 38.1 Å². The highest BCUT2D eigenvalue weighted by Crippen LogP contribution is 2.34. The molecule has 0 aliphatic heterocycles. The van der Waals surface area contributed by atoms with Crippen molar-refractivity contribution in [1.82, 2.24) is 0 Å². The summed E-state index contributed by atoms with van der Waals surface area (Å²) in [7, 11) is 0. The maximum absolute atomic E-state index is 5.91. The Hall–Kier alpha value is -4.00. The maximum Gasteiger partial charge on any atom is 0.127 e. The third kappa shape index (κ3) is 8.27. The maximum atomic E-state index is 5.91. The monoisotopic (exact) mass is 498 g/mol. The molecule has 0 radical (unpaired) electrons. The first-order chi connectivity index (χ1) is 17.8. The van der Waals surface area contributed by atoms with Crippen molar-refractivity contribution in [1.29, 1.82) is 0 Å². The molecule has 0 amide bonds. The second-order valence-corrected chi connectivity index (χ2v) is 9.30. The lowest BCUT2D eigenvalue weighted by molar-refractivity contribution is 0.481. The van der Waals surface area contributed by atoms with Gasteiger partial charge in [0.2, 0.25) is 0 Å². The number of ether oxygens (including phenoxy) is 2. The summed E-state index contributed by atoms with van der Waals surface area (Å²) < 4.78 is 11.8. The number of hydrogen-bond acceptors (Lipinski definition) is 6. The summed E-state index contributed by atoms with van der Waals surface area (Å²) in [5.74, 6) is 3.10. The van der Waals surface area contributed by atoms with E-state index in [1.54, 1.807) is 0 Å². The molecule has 37 heavy (non-hydrogen) atoms. The van der Waals surface area contributed by atoms with Crippen molar-refractivity contribution >= 4 is 11.4 Å². The number of unbranched alkanes of at least 4 members (excludes halogenated alkanes) is 1. The Labute approximate surface area is 220 Å².